The van der Waals surface area contributed by atoms with Crippen molar-refractivity contribution in [3.63, 3.8) is 0 Å². The van der Waals surface area contributed by atoms with Crippen LogP contribution in [0.25, 0.3) is 0 Å². The SMILES string of the molecule is CC(C)(C)OC(=O)NC/C=C/C=C/CCc1ccccc1. The monoisotopic (exact) mass is 287 g/mol. The highest BCUT2D eigenvalue weighted by atomic mass is 16.6. The van der Waals surface area contributed by atoms with Crippen LogP contribution in [0.4, 0.5) is 4.79 Å². The van der Waals surface area contributed by atoms with Gasteiger partial charge in [0.05, 0.1) is 0 Å². The van der Waals surface area contributed by atoms with E-state index in [1.54, 1.807) is 0 Å². The largest absolute Gasteiger partial charge is 0.444 e. The summed E-state index contributed by atoms with van der Waals surface area (Å²) in [5, 5.41) is 2.67. The molecule has 114 valence electrons. The normalized spacial score (nSPS) is 12.0. The first-order valence-corrected chi connectivity index (χ1v) is 7.30. The zero-order valence-electron chi connectivity index (χ0n) is 13.1. The maximum atomic E-state index is 11.4. The second-order valence-electron chi connectivity index (χ2n) is 5.76. The minimum atomic E-state index is -0.453. The number of aryl methyl sites for hydroxylation is 1. The first-order chi connectivity index (χ1) is 9.97. The molecule has 0 aliphatic heterocycles. The van der Waals surface area contributed by atoms with Crippen LogP contribution in [0.3, 0.4) is 0 Å². The number of nitrogens with one attached hydrogen (secondary N) is 1. The van der Waals surface area contributed by atoms with Crippen molar-refractivity contribution in [2.45, 2.75) is 39.2 Å². The molecule has 1 amide bonds. The average molecular weight is 287 g/mol. The van der Waals surface area contributed by atoms with Crippen molar-refractivity contribution in [3.8, 4) is 0 Å². The smallest absolute Gasteiger partial charge is 0.407 e. The molecular formula is C18H25NO2. The van der Waals surface area contributed by atoms with Gasteiger partial charge in [-0.15, -0.1) is 0 Å². The van der Waals surface area contributed by atoms with Gasteiger partial charge in [-0.2, -0.15) is 0 Å². The van der Waals surface area contributed by atoms with E-state index in [4.69, 9.17) is 4.74 Å². The summed E-state index contributed by atoms with van der Waals surface area (Å²) in [7, 11) is 0. The lowest BCUT2D eigenvalue weighted by Crippen LogP contribution is -2.32. The summed E-state index contributed by atoms with van der Waals surface area (Å²) in [5.74, 6) is 0. The predicted octanol–water partition coefficient (Wildman–Crippen LogP) is 4.26. The van der Waals surface area contributed by atoms with Gasteiger partial charge in [0, 0.05) is 6.54 Å². The van der Waals surface area contributed by atoms with Crippen molar-refractivity contribution in [1.82, 2.24) is 5.32 Å². The van der Waals surface area contributed by atoms with E-state index in [0.29, 0.717) is 6.54 Å². The predicted molar refractivity (Wildman–Crippen MR) is 87.3 cm³/mol. The number of carbonyl (C=O) groups is 1. The molecule has 3 nitrogen and oxygen atoms in total. The molecule has 0 saturated carbocycles. The molecule has 0 aromatic heterocycles. The van der Waals surface area contributed by atoms with Crippen molar-refractivity contribution >= 4 is 6.09 Å². The summed E-state index contributed by atoms with van der Waals surface area (Å²) < 4.78 is 5.13. The highest BCUT2D eigenvalue weighted by molar-refractivity contribution is 5.67. The van der Waals surface area contributed by atoms with E-state index < -0.39 is 5.60 Å². The maximum Gasteiger partial charge on any atom is 0.407 e. The summed E-state index contributed by atoms with van der Waals surface area (Å²) in [4.78, 5) is 11.4. The molecule has 1 N–H and O–H groups in total. The zero-order valence-corrected chi connectivity index (χ0v) is 13.1. The third-order valence-corrected chi connectivity index (χ3v) is 2.59. The van der Waals surface area contributed by atoms with Gasteiger partial charge in [-0.1, -0.05) is 54.6 Å². The molecule has 0 radical (unpaired) electrons. The Kier molecular flexibility index (Phi) is 7.30. The Morgan fingerprint density at radius 3 is 2.48 bits per heavy atom. The third kappa shape index (κ3) is 9.50. The fraction of sp³-hybridized carbons (Fsp3) is 0.389. The molecule has 0 aliphatic rings. The first kappa shape index (κ1) is 17.0. The summed E-state index contributed by atoms with van der Waals surface area (Å²) in [5.41, 5.74) is 0.892. The maximum absolute atomic E-state index is 11.4. The van der Waals surface area contributed by atoms with E-state index in [1.807, 2.05) is 45.1 Å². The van der Waals surface area contributed by atoms with Crippen molar-refractivity contribution in [2.75, 3.05) is 6.54 Å². The molecule has 0 atom stereocenters. The Hall–Kier alpha value is -2.03. The molecule has 1 aromatic carbocycles. The van der Waals surface area contributed by atoms with Gasteiger partial charge in [-0.25, -0.2) is 4.79 Å². The Morgan fingerprint density at radius 1 is 1.14 bits per heavy atom. The number of rotatable bonds is 6. The molecule has 0 bridgehead atoms. The average Bonchev–Trinajstić information content (AvgIpc) is 2.41. The number of carbonyl (C=O) groups excluding carboxylic acids is 1. The molecule has 0 aliphatic carbocycles. The Morgan fingerprint density at radius 2 is 1.81 bits per heavy atom. The molecule has 3 heteroatoms. The lowest BCUT2D eigenvalue weighted by atomic mass is 10.1. The van der Waals surface area contributed by atoms with Crippen LogP contribution in [0.2, 0.25) is 0 Å². The van der Waals surface area contributed by atoms with Crippen molar-refractivity contribution in [1.29, 1.82) is 0 Å². The molecule has 1 rings (SSSR count). The van der Waals surface area contributed by atoms with E-state index in [2.05, 4.69) is 35.7 Å². The lowest BCUT2D eigenvalue weighted by Gasteiger charge is -2.19. The van der Waals surface area contributed by atoms with Crippen LogP contribution in [0, 0.1) is 0 Å². The highest BCUT2D eigenvalue weighted by Crippen LogP contribution is 2.06. The zero-order chi connectivity index (χ0) is 15.6. The second kappa shape index (κ2) is 9.01. The molecule has 0 unspecified atom stereocenters. The summed E-state index contributed by atoms with van der Waals surface area (Å²) in [6.45, 7) is 6.01. The Bertz CT molecular complexity index is 470. The van der Waals surface area contributed by atoms with Gasteiger partial charge in [0.2, 0.25) is 0 Å². The quantitative estimate of drug-likeness (QED) is 0.794. The van der Waals surface area contributed by atoms with Crippen LogP contribution in [-0.2, 0) is 11.2 Å². The minimum Gasteiger partial charge on any atom is -0.444 e. The molecule has 1 aromatic rings. The summed E-state index contributed by atoms with van der Waals surface area (Å²) in [6, 6.07) is 10.4. The van der Waals surface area contributed by atoms with Crippen molar-refractivity contribution in [2.24, 2.45) is 0 Å². The second-order valence-corrected chi connectivity index (χ2v) is 5.76. The highest BCUT2D eigenvalue weighted by Gasteiger charge is 2.14. The van der Waals surface area contributed by atoms with Crippen LogP contribution < -0.4 is 5.32 Å². The van der Waals surface area contributed by atoms with E-state index in [9.17, 15) is 4.79 Å². The van der Waals surface area contributed by atoms with Gasteiger partial charge in [-0.05, 0) is 39.2 Å². The minimum absolute atomic E-state index is 0.389. The van der Waals surface area contributed by atoms with Crippen LogP contribution in [0.15, 0.2) is 54.6 Å². The number of benzene rings is 1. The van der Waals surface area contributed by atoms with E-state index >= 15 is 0 Å². The van der Waals surface area contributed by atoms with E-state index in [1.165, 1.54) is 5.56 Å². The lowest BCUT2D eigenvalue weighted by molar-refractivity contribution is 0.0534. The first-order valence-electron chi connectivity index (χ1n) is 7.30. The van der Waals surface area contributed by atoms with Gasteiger partial charge >= 0.3 is 6.09 Å². The molecule has 0 spiro atoms. The number of hydrogen-bond donors (Lipinski definition) is 1. The van der Waals surface area contributed by atoms with Crippen molar-refractivity contribution < 1.29 is 9.53 Å². The fourth-order valence-corrected chi connectivity index (χ4v) is 1.67. The standard InChI is InChI=1S/C18H25NO2/c1-18(2,3)21-17(20)19-15-11-6-4-5-8-12-16-13-9-7-10-14-16/h4-7,9-11,13-14H,8,12,15H2,1-3H3,(H,19,20)/b5-4+,11-6+. The Labute approximate surface area is 127 Å². The van der Waals surface area contributed by atoms with Crippen LogP contribution >= 0.6 is 0 Å². The van der Waals surface area contributed by atoms with Crippen LogP contribution in [0.1, 0.15) is 32.8 Å². The van der Waals surface area contributed by atoms with Crippen LogP contribution in [0.5, 0.6) is 0 Å². The fourth-order valence-electron chi connectivity index (χ4n) is 1.67. The van der Waals surface area contributed by atoms with Crippen LogP contribution in [-0.4, -0.2) is 18.2 Å². The Balaban J connectivity index is 2.12. The summed E-state index contributed by atoms with van der Waals surface area (Å²) in [6.07, 6.45) is 9.61. The van der Waals surface area contributed by atoms with Gasteiger partial charge in [-0.3, -0.25) is 0 Å². The van der Waals surface area contributed by atoms with Gasteiger partial charge in [0.15, 0.2) is 0 Å². The number of hydrogen-bond acceptors (Lipinski definition) is 2. The third-order valence-electron chi connectivity index (χ3n) is 2.59. The number of ether oxygens (including phenoxy) is 1. The van der Waals surface area contributed by atoms with E-state index in [0.717, 1.165) is 12.8 Å². The van der Waals surface area contributed by atoms with Gasteiger partial charge in [0.25, 0.3) is 0 Å². The molecule has 0 saturated heterocycles. The molecule has 0 heterocycles. The number of allylic oxidation sites excluding steroid dienone is 3. The van der Waals surface area contributed by atoms with Gasteiger partial charge in [0.1, 0.15) is 5.60 Å². The number of alkyl carbamates (subject to hydrolysis) is 1. The molecular weight excluding hydrogens is 262 g/mol. The number of amides is 1. The summed E-state index contributed by atoms with van der Waals surface area (Å²) >= 11 is 0. The van der Waals surface area contributed by atoms with Gasteiger partial charge < -0.3 is 10.1 Å². The molecule has 21 heavy (non-hydrogen) atoms. The molecule has 0 fully saturated rings. The van der Waals surface area contributed by atoms with Crippen molar-refractivity contribution in [3.05, 3.63) is 60.2 Å². The topological polar surface area (TPSA) is 38.3 Å². The van der Waals surface area contributed by atoms with E-state index in [-0.39, 0.29) is 6.09 Å².